The van der Waals surface area contributed by atoms with Gasteiger partial charge in [-0.2, -0.15) is 0 Å². The molecule has 0 aliphatic heterocycles. The van der Waals surface area contributed by atoms with Crippen LogP contribution in [0, 0.1) is 0 Å². The SMILES string of the molecule is CC(C)c1ccc(S(=O)(=O)Nc2cnc3ccccc3c2)cc1. The van der Waals surface area contributed by atoms with Crippen LogP contribution in [0.2, 0.25) is 0 Å². The number of benzene rings is 2. The van der Waals surface area contributed by atoms with Crippen molar-refractivity contribution in [1.82, 2.24) is 4.98 Å². The minimum atomic E-state index is -3.61. The van der Waals surface area contributed by atoms with Gasteiger partial charge in [-0.1, -0.05) is 44.2 Å². The van der Waals surface area contributed by atoms with E-state index in [1.165, 1.54) is 6.20 Å². The molecule has 1 aromatic heterocycles. The van der Waals surface area contributed by atoms with Gasteiger partial charge in [-0.15, -0.1) is 0 Å². The Hall–Kier alpha value is -2.40. The zero-order valence-corrected chi connectivity index (χ0v) is 13.8. The van der Waals surface area contributed by atoms with Crippen LogP contribution < -0.4 is 4.72 Å². The summed E-state index contributed by atoms with van der Waals surface area (Å²) in [4.78, 5) is 4.51. The standard InChI is InChI=1S/C18H18N2O2S/c1-13(2)14-7-9-17(10-8-14)23(21,22)20-16-11-15-5-3-4-6-18(15)19-12-16/h3-13,20H,1-2H3. The number of aromatic nitrogens is 1. The number of sulfonamides is 1. The fourth-order valence-corrected chi connectivity index (χ4v) is 3.41. The summed E-state index contributed by atoms with van der Waals surface area (Å²) in [6, 6.07) is 16.3. The molecular weight excluding hydrogens is 308 g/mol. The van der Waals surface area contributed by atoms with E-state index in [-0.39, 0.29) is 4.90 Å². The van der Waals surface area contributed by atoms with Crippen molar-refractivity contribution >= 4 is 26.6 Å². The first-order valence-corrected chi connectivity index (χ1v) is 8.91. The summed E-state index contributed by atoms with van der Waals surface area (Å²) in [5, 5.41) is 0.892. The second-order valence-electron chi connectivity index (χ2n) is 5.75. The van der Waals surface area contributed by atoms with Gasteiger partial charge in [0.2, 0.25) is 0 Å². The highest BCUT2D eigenvalue weighted by atomic mass is 32.2. The summed E-state index contributed by atoms with van der Waals surface area (Å²) in [5.74, 6) is 0.365. The topological polar surface area (TPSA) is 59.1 Å². The zero-order valence-electron chi connectivity index (χ0n) is 13.0. The summed E-state index contributed by atoms with van der Waals surface area (Å²) in [6.07, 6.45) is 1.53. The normalized spacial score (nSPS) is 11.8. The van der Waals surface area contributed by atoms with E-state index in [1.54, 1.807) is 18.2 Å². The van der Waals surface area contributed by atoms with Crippen molar-refractivity contribution in [2.75, 3.05) is 4.72 Å². The molecule has 0 saturated heterocycles. The van der Waals surface area contributed by atoms with E-state index >= 15 is 0 Å². The summed E-state index contributed by atoms with van der Waals surface area (Å²) >= 11 is 0. The van der Waals surface area contributed by atoms with Crippen molar-refractivity contribution in [3.8, 4) is 0 Å². The van der Waals surface area contributed by atoms with E-state index in [0.717, 1.165) is 16.5 Å². The third-order valence-corrected chi connectivity index (χ3v) is 5.10. The Labute approximate surface area is 136 Å². The first-order chi connectivity index (χ1) is 11.0. The molecule has 0 aliphatic rings. The average Bonchev–Trinajstić information content (AvgIpc) is 2.54. The van der Waals surface area contributed by atoms with Gasteiger partial charge < -0.3 is 0 Å². The Morgan fingerprint density at radius 2 is 1.70 bits per heavy atom. The van der Waals surface area contributed by atoms with E-state index in [2.05, 4.69) is 23.6 Å². The van der Waals surface area contributed by atoms with E-state index in [9.17, 15) is 8.42 Å². The molecule has 0 aliphatic carbocycles. The van der Waals surface area contributed by atoms with Crippen LogP contribution in [0.1, 0.15) is 25.3 Å². The summed E-state index contributed by atoms with van der Waals surface area (Å²) in [7, 11) is -3.61. The van der Waals surface area contributed by atoms with Crippen molar-refractivity contribution < 1.29 is 8.42 Å². The van der Waals surface area contributed by atoms with Crippen molar-refractivity contribution in [3.05, 3.63) is 66.4 Å². The molecule has 1 N–H and O–H groups in total. The molecule has 4 nitrogen and oxygen atoms in total. The van der Waals surface area contributed by atoms with Crippen LogP contribution in [-0.2, 0) is 10.0 Å². The highest BCUT2D eigenvalue weighted by Gasteiger charge is 2.15. The molecule has 2 aromatic carbocycles. The zero-order chi connectivity index (χ0) is 16.4. The predicted molar refractivity (Wildman–Crippen MR) is 93.1 cm³/mol. The average molecular weight is 326 g/mol. The van der Waals surface area contributed by atoms with E-state index < -0.39 is 10.0 Å². The smallest absolute Gasteiger partial charge is 0.261 e. The molecule has 1 heterocycles. The molecule has 3 aromatic rings. The Kier molecular flexibility index (Phi) is 4.05. The molecule has 118 valence electrons. The number of pyridine rings is 1. The maximum atomic E-state index is 12.5. The van der Waals surface area contributed by atoms with Crippen LogP contribution in [0.25, 0.3) is 10.9 Å². The fraction of sp³-hybridized carbons (Fsp3) is 0.167. The third kappa shape index (κ3) is 3.35. The molecule has 0 unspecified atom stereocenters. The second kappa shape index (κ2) is 6.01. The number of rotatable bonds is 4. The van der Waals surface area contributed by atoms with Crippen molar-refractivity contribution in [2.45, 2.75) is 24.7 Å². The molecule has 0 atom stereocenters. The number of nitrogens with zero attached hydrogens (tertiary/aromatic N) is 1. The number of hydrogen-bond donors (Lipinski definition) is 1. The molecule has 3 rings (SSSR count). The lowest BCUT2D eigenvalue weighted by Gasteiger charge is -2.10. The molecule has 0 saturated carbocycles. The van der Waals surface area contributed by atoms with Gasteiger partial charge in [0.15, 0.2) is 0 Å². The Morgan fingerprint density at radius 1 is 1.00 bits per heavy atom. The number of hydrogen-bond acceptors (Lipinski definition) is 3. The van der Waals surface area contributed by atoms with Gasteiger partial charge in [0, 0.05) is 5.39 Å². The van der Waals surface area contributed by atoms with E-state index in [1.807, 2.05) is 36.4 Å². The van der Waals surface area contributed by atoms with Crippen molar-refractivity contribution in [1.29, 1.82) is 0 Å². The van der Waals surface area contributed by atoms with Crippen LogP contribution in [0.5, 0.6) is 0 Å². The lowest BCUT2D eigenvalue weighted by molar-refractivity contribution is 0.601. The monoisotopic (exact) mass is 326 g/mol. The molecular formula is C18H18N2O2S. The van der Waals surface area contributed by atoms with Gasteiger partial charge in [-0.3, -0.25) is 9.71 Å². The van der Waals surface area contributed by atoms with Gasteiger partial charge in [-0.25, -0.2) is 8.42 Å². The molecule has 23 heavy (non-hydrogen) atoms. The van der Waals surface area contributed by atoms with Crippen LogP contribution in [-0.4, -0.2) is 13.4 Å². The number of nitrogens with one attached hydrogen (secondary N) is 1. The van der Waals surface area contributed by atoms with Gasteiger partial charge in [0.05, 0.1) is 22.3 Å². The van der Waals surface area contributed by atoms with Gasteiger partial charge in [0.1, 0.15) is 0 Å². The minimum absolute atomic E-state index is 0.245. The number of fused-ring (bicyclic) bond motifs is 1. The first-order valence-electron chi connectivity index (χ1n) is 7.43. The van der Waals surface area contributed by atoms with Crippen molar-refractivity contribution in [3.63, 3.8) is 0 Å². The van der Waals surface area contributed by atoms with E-state index in [4.69, 9.17) is 0 Å². The highest BCUT2D eigenvalue weighted by molar-refractivity contribution is 7.92. The van der Waals surface area contributed by atoms with Crippen LogP contribution in [0.15, 0.2) is 65.7 Å². The van der Waals surface area contributed by atoms with Crippen LogP contribution >= 0.6 is 0 Å². The van der Waals surface area contributed by atoms with Crippen molar-refractivity contribution in [2.24, 2.45) is 0 Å². The Bertz CT molecular complexity index is 933. The molecule has 0 bridgehead atoms. The maximum Gasteiger partial charge on any atom is 0.261 e. The second-order valence-corrected chi connectivity index (χ2v) is 7.43. The first kappa shape index (κ1) is 15.5. The molecule has 0 fully saturated rings. The quantitative estimate of drug-likeness (QED) is 0.783. The predicted octanol–water partition coefficient (Wildman–Crippen LogP) is 4.16. The Morgan fingerprint density at radius 3 is 2.39 bits per heavy atom. The lowest BCUT2D eigenvalue weighted by Crippen LogP contribution is -2.13. The molecule has 0 spiro atoms. The number of para-hydroxylation sites is 1. The van der Waals surface area contributed by atoms with Crippen LogP contribution in [0.4, 0.5) is 5.69 Å². The summed E-state index contributed by atoms with van der Waals surface area (Å²) < 4.78 is 27.5. The number of anilines is 1. The lowest BCUT2D eigenvalue weighted by atomic mass is 10.0. The van der Waals surface area contributed by atoms with Gasteiger partial charge >= 0.3 is 0 Å². The Balaban J connectivity index is 1.89. The largest absolute Gasteiger partial charge is 0.278 e. The maximum absolute atomic E-state index is 12.5. The molecule has 5 heteroatoms. The molecule has 0 radical (unpaired) electrons. The molecule has 0 amide bonds. The van der Waals surface area contributed by atoms with Crippen LogP contribution in [0.3, 0.4) is 0 Å². The summed E-state index contributed by atoms with van der Waals surface area (Å²) in [6.45, 7) is 4.14. The summed E-state index contributed by atoms with van der Waals surface area (Å²) in [5.41, 5.74) is 2.39. The van der Waals surface area contributed by atoms with Gasteiger partial charge in [0.25, 0.3) is 10.0 Å². The highest BCUT2D eigenvalue weighted by Crippen LogP contribution is 2.21. The van der Waals surface area contributed by atoms with E-state index in [0.29, 0.717) is 11.6 Å². The minimum Gasteiger partial charge on any atom is -0.278 e. The fourth-order valence-electron chi connectivity index (χ4n) is 2.37. The third-order valence-electron chi connectivity index (χ3n) is 3.70. The van der Waals surface area contributed by atoms with Gasteiger partial charge in [-0.05, 0) is 35.7 Å².